The Balaban J connectivity index is 0.00000420. The van der Waals surface area contributed by atoms with E-state index in [0.717, 1.165) is 50.5 Å². The smallest absolute Gasteiger partial charge is 0.222 e. The molecule has 8 nitrogen and oxygen atoms in total. The van der Waals surface area contributed by atoms with Crippen LogP contribution in [0.4, 0.5) is 0 Å². The summed E-state index contributed by atoms with van der Waals surface area (Å²) in [5, 5.41) is 6.56. The number of carbonyl (C=O) groups is 1. The van der Waals surface area contributed by atoms with Crippen LogP contribution in [0.1, 0.15) is 31.7 Å². The zero-order valence-corrected chi connectivity index (χ0v) is 20.1. The highest BCUT2D eigenvalue weighted by Gasteiger charge is 2.19. The molecule has 0 aromatic heterocycles. The van der Waals surface area contributed by atoms with Gasteiger partial charge < -0.3 is 29.7 Å². The average Bonchev–Trinajstić information content (AvgIpc) is 3.12. The molecular weight excluding hydrogens is 487 g/mol. The summed E-state index contributed by atoms with van der Waals surface area (Å²) in [5.41, 5.74) is 0.903. The van der Waals surface area contributed by atoms with Crippen molar-refractivity contribution in [3.8, 4) is 17.2 Å². The van der Waals surface area contributed by atoms with E-state index in [1.54, 1.807) is 21.3 Å². The molecule has 1 saturated heterocycles. The van der Waals surface area contributed by atoms with E-state index in [1.165, 1.54) is 0 Å². The van der Waals surface area contributed by atoms with Crippen molar-refractivity contribution in [2.75, 3.05) is 47.5 Å². The van der Waals surface area contributed by atoms with Gasteiger partial charge in [-0.05, 0) is 31.9 Å². The summed E-state index contributed by atoms with van der Waals surface area (Å²) in [6, 6.07) is 3.77. The van der Waals surface area contributed by atoms with Crippen LogP contribution in [0.15, 0.2) is 17.1 Å². The zero-order valence-electron chi connectivity index (χ0n) is 17.7. The summed E-state index contributed by atoms with van der Waals surface area (Å²) < 4.78 is 16.3. The third kappa shape index (κ3) is 7.13. The van der Waals surface area contributed by atoms with Crippen LogP contribution in [-0.4, -0.2) is 64.3 Å². The first kappa shape index (κ1) is 25.1. The molecule has 9 heteroatoms. The largest absolute Gasteiger partial charge is 0.493 e. The van der Waals surface area contributed by atoms with Gasteiger partial charge in [0, 0.05) is 38.2 Å². The Hall–Kier alpha value is -1.91. The van der Waals surface area contributed by atoms with Crippen LogP contribution in [0, 0.1) is 0 Å². The lowest BCUT2D eigenvalue weighted by molar-refractivity contribution is -0.127. The number of nitrogens with zero attached hydrogens (tertiary/aromatic N) is 2. The van der Waals surface area contributed by atoms with E-state index in [0.29, 0.717) is 30.2 Å². The molecular formula is C20H33IN4O4. The first-order chi connectivity index (χ1) is 13.6. The Morgan fingerprint density at radius 2 is 1.90 bits per heavy atom. The number of benzene rings is 1. The molecule has 0 aliphatic carbocycles. The van der Waals surface area contributed by atoms with E-state index in [9.17, 15) is 4.79 Å². The van der Waals surface area contributed by atoms with Crippen molar-refractivity contribution in [3.63, 3.8) is 0 Å². The minimum Gasteiger partial charge on any atom is -0.493 e. The SMILES string of the molecule is CCNC(=NCc1ccc(OC)c(OC)c1OC)NCCCN1CCCC1=O.I. The van der Waals surface area contributed by atoms with Gasteiger partial charge in [0.05, 0.1) is 27.9 Å². The van der Waals surface area contributed by atoms with Crippen LogP contribution in [-0.2, 0) is 11.3 Å². The number of hydrogen-bond donors (Lipinski definition) is 2. The molecule has 1 fully saturated rings. The molecule has 0 atom stereocenters. The summed E-state index contributed by atoms with van der Waals surface area (Å²) in [5.74, 6) is 2.79. The maximum atomic E-state index is 11.7. The zero-order chi connectivity index (χ0) is 20.4. The van der Waals surface area contributed by atoms with E-state index < -0.39 is 0 Å². The second kappa shape index (κ2) is 13.3. The predicted octanol–water partition coefficient (Wildman–Crippen LogP) is 2.40. The Morgan fingerprint density at radius 3 is 2.48 bits per heavy atom. The minimum atomic E-state index is 0. The molecule has 1 aliphatic heterocycles. The molecule has 1 aromatic carbocycles. The third-order valence-electron chi connectivity index (χ3n) is 4.61. The third-order valence-corrected chi connectivity index (χ3v) is 4.61. The summed E-state index contributed by atoms with van der Waals surface area (Å²) >= 11 is 0. The van der Waals surface area contributed by atoms with Crippen LogP contribution in [0.2, 0.25) is 0 Å². The monoisotopic (exact) mass is 520 g/mol. The molecule has 0 radical (unpaired) electrons. The summed E-state index contributed by atoms with van der Waals surface area (Å²) in [7, 11) is 4.79. The van der Waals surface area contributed by atoms with Crippen LogP contribution in [0.5, 0.6) is 17.2 Å². The first-order valence-electron chi connectivity index (χ1n) is 9.72. The molecule has 0 spiro atoms. The number of aliphatic imine (C=N–C) groups is 1. The minimum absolute atomic E-state index is 0. The molecule has 1 amide bonds. The van der Waals surface area contributed by atoms with Crippen molar-refractivity contribution in [3.05, 3.63) is 17.7 Å². The van der Waals surface area contributed by atoms with Gasteiger partial charge in [-0.1, -0.05) is 0 Å². The van der Waals surface area contributed by atoms with E-state index in [4.69, 9.17) is 14.2 Å². The number of hydrogen-bond acceptors (Lipinski definition) is 5. The van der Waals surface area contributed by atoms with Crippen LogP contribution in [0.25, 0.3) is 0 Å². The predicted molar refractivity (Wildman–Crippen MR) is 125 cm³/mol. The number of halogens is 1. The van der Waals surface area contributed by atoms with Gasteiger partial charge in [0.15, 0.2) is 17.5 Å². The van der Waals surface area contributed by atoms with Crippen molar-refractivity contribution in [2.24, 2.45) is 4.99 Å². The Labute approximate surface area is 190 Å². The Kier molecular flexibility index (Phi) is 11.6. The lowest BCUT2D eigenvalue weighted by atomic mass is 10.1. The number of ether oxygens (including phenoxy) is 3. The summed E-state index contributed by atoms with van der Waals surface area (Å²) in [6.07, 6.45) is 2.55. The molecule has 164 valence electrons. The highest BCUT2D eigenvalue weighted by atomic mass is 127. The van der Waals surface area contributed by atoms with Gasteiger partial charge in [-0.3, -0.25) is 4.79 Å². The van der Waals surface area contributed by atoms with Gasteiger partial charge in [-0.25, -0.2) is 4.99 Å². The molecule has 1 aliphatic rings. The second-order valence-electron chi connectivity index (χ2n) is 6.45. The molecule has 1 aromatic rings. The van der Waals surface area contributed by atoms with Gasteiger partial charge in [-0.2, -0.15) is 0 Å². The molecule has 0 saturated carbocycles. The number of methoxy groups -OCH3 is 3. The summed E-state index contributed by atoms with van der Waals surface area (Å²) in [6.45, 7) is 5.64. The number of nitrogens with one attached hydrogen (secondary N) is 2. The normalized spacial score (nSPS) is 13.7. The lowest BCUT2D eigenvalue weighted by Gasteiger charge is -2.17. The molecule has 2 N–H and O–H groups in total. The molecule has 2 rings (SSSR count). The van der Waals surface area contributed by atoms with E-state index in [1.807, 2.05) is 24.0 Å². The fourth-order valence-electron chi connectivity index (χ4n) is 3.21. The fraction of sp³-hybridized carbons (Fsp3) is 0.600. The Morgan fingerprint density at radius 1 is 1.14 bits per heavy atom. The first-order valence-corrected chi connectivity index (χ1v) is 9.72. The fourth-order valence-corrected chi connectivity index (χ4v) is 3.21. The molecule has 0 bridgehead atoms. The van der Waals surface area contributed by atoms with Gasteiger partial charge in [0.25, 0.3) is 0 Å². The summed E-state index contributed by atoms with van der Waals surface area (Å²) in [4.78, 5) is 18.2. The van der Waals surface area contributed by atoms with Crippen molar-refractivity contribution >= 4 is 35.8 Å². The second-order valence-corrected chi connectivity index (χ2v) is 6.45. The standard InChI is InChI=1S/C20H32N4O4.HI/c1-5-21-20(22-11-7-13-24-12-6-8-17(24)25)23-14-15-9-10-16(26-2)19(28-4)18(15)27-3;/h9-10H,5-8,11-14H2,1-4H3,(H2,21,22,23);1H. The Bertz CT molecular complexity index is 685. The number of carbonyl (C=O) groups excluding carboxylic acids is 1. The maximum absolute atomic E-state index is 11.7. The number of amides is 1. The lowest BCUT2D eigenvalue weighted by Crippen LogP contribution is -2.39. The maximum Gasteiger partial charge on any atom is 0.222 e. The number of likely N-dealkylation sites (tertiary alicyclic amines) is 1. The van der Waals surface area contributed by atoms with E-state index in [2.05, 4.69) is 15.6 Å². The van der Waals surface area contributed by atoms with E-state index in [-0.39, 0.29) is 29.9 Å². The van der Waals surface area contributed by atoms with Gasteiger partial charge in [0.2, 0.25) is 11.7 Å². The van der Waals surface area contributed by atoms with Crippen LogP contribution >= 0.6 is 24.0 Å². The van der Waals surface area contributed by atoms with Crippen molar-refractivity contribution in [2.45, 2.75) is 32.7 Å². The topological polar surface area (TPSA) is 84.4 Å². The van der Waals surface area contributed by atoms with Crippen LogP contribution < -0.4 is 24.8 Å². The highest BCUT2D eigenvalue weighted by Crippen LogP contribution is 2.39. The van der Waals surface area contributed by atoms with Crippen molar-refractivity contribution < 1.29 is 19.0 Å². The van der Waals surface area contributed by atoms with E-state index >= 15 is 0 Å². The molecule has 0 unspecified atom stereocenters. The average molecular weight is 520 g/mol. The molecule has 29 heavy (non-hydrogen) atoms. The quantitative estimate of drug-likeness (QED) is 0.214. The highest BCUT2D eigenvalue weighted by molar-refractivity contribution is 14.0. The van der Waals surface area contributed by atoms with Gasteiger partial charge in [-0.15, -0.1) is 24.0 Å². The van der Waals surface area contributed by atoms with Crippen molar-refractivity contribution in [1.29, 1.82) is 0 Å². The van der Waals surface area contributed by atoms with Gasteiger partial charge >= 0.3 is 0 Å². The number of guanidine groups is 1. The number of rotatable bonds is 10. The molecule has 1 heterocycles. The van der Waals surface area contributed by atoms with Gasteiger partial charge in [0.1, 0.15) is 0 Å². The van der Waals surface area contributed by atoms with Crippen molar-refractivity contribution in [1.82, 2.24) is 15.5 Å². The van der Waals surface area contributed by atoms with Crippen LogP contribution in [0.3, 0.4) is 0 Å².